The molecule has 0 saturated carbocycles. The molecule has 8 nitrogen and oxygen atoms in total. The number of aromatic nitrogens is 4. The van der Waals surface area contributed by atoms with E-state index in [1.807, 2.05) is 0 Å². The van der Waals surface area contributed by atoms with E-state index in [0.29, 0.717) is 17.0 Å². The molecule has 0 aliphatic heterocycles. The fraction of sp³-hybridized carbons (Fsp3) is 0.211. The lowest BCUT2D eigenvalue weighted by Gasteiger charge is -2.09. The Bertz CT molecular complexity index is 1060. The van der Waals surface area contributed by atoms with Crippen LogP contribution in [0.1, 0.15) is 33.0 Å². The molecule has 0 unspecified atom stereocenters. The van der Waals surface area contributed by atoms with Gasteiger partial charge in [0.15, 0.2) is 5.82 Å². The van der Waals surface area contributed by atoms with E-state index in [2.05, 4.69) is 25.9 Å². The molecule has 3 aromatic rings. The third-order valence-corrected chi connectivity index (χ3v) is 4.28. The number of halogens is 3. The van der Waals surface area contributed by atoms with Gasteiger partial charge in [-0.3, -0.25) is 25.4 Å². The van der Waals surface area contributed by atoms with Crippen LogP contribution in [0, 0.1) is 13.8 Å². The molecule has 2 amide bonds. The standard InChI is InChI=1S/C19H17F3N6O2/c1-11-14(9-17(29)25-26-18(30)15-5-3-4-8-23-15)12(2)28(27-11)16-7-6-13(10-24-16)19(20,21)22/h3-8,10H,9H2,1-2H3,(H,25,29)(H,26,30). The number of aryl methyl sites for hydroxylation is 1. The second kappa shape index (κ2) is 8.31. The number of carbonyl (C=O) groups is 2. The highest BCUT2D eigenvalue weighted by Crippen LogP contribution is 2.29. The molecule has 0 radical (unpaired) electrons. The lowest BCUT2D eigenvalue weighted by atomic mass is 10.1. The molecule has 0 atom stereocenters. The van der Waals surface area contributed by atoms with Crippen molar-refractivity contribution < 1.29 is 22.8 Å². The zero-order valence-corrected chi connectivity index (χ0v) is 16.0. The Morgan fingerprint density at radius 1 is 1.07 bits per heavy atom. The Balaban J connectivity index is 1.69. The Kier molecular flexibility index (Phi) is 5.81. The molecule has 0 aliphatic carbocycles. The highest BCUT2D eigenvalue weighted by molar-refractivity contribution is 5.93. The second-order valence-electron chi connectivity index (χ2n) is 6.36. The summed E-state index contributed by atoms with van der Waals surface area (Å²) in [5, 5.41) is 4.26. The van der Waals surface area contributed by atoms with Gasteiger partial charge >= 0.3 is 6.18 Å². The minimum absolute atomic E-state index is 0.0964. The Hall–Kier alpha value is -3.76. The molecule has 0 aromatic carbocycles. The van der Waals surface area contributed by atoms with Crippen LogP contribution in [0.2, 0.25) is 0 Å². The molecule has 3 rings (SSSR count). The SMILES string of the molecule is Cc1nn(-c2ccc(C(F)(F)F)cn2)c(C)c1CC(=O)NNC(=O)c1ccccn1. The monoisotopic (exact) mass is 418 g/mol. The normalized spacial score (nSPS) is 11.2. The molecular formula is C19H17F3N6O2. The third-order valence-electron chi connectivity index (χ3n) is 4.28. The van der Waals surface area contributed by atoms with Gasteiger partial charge in [0, 0.05) is 23.7 Å². The number of amides is 2. The number of hydrogen-bond acceptors (Lipinski definition) is 5. The van der Waals surface area contributed by atoms with Gasteiger partial charge in [-0.25, -0.2) is 9.67 Å². The number of nitrogens with one attached hydrogen (secondary N) is 2. The maximum atomic E-state index is 12.7. The fourth-order valence-electron chi connectivity index (χ4n) is 2.73. The molecular weight excluding hydrogens is 401 g/mol. The minimum Gasteiger partial charge on any atom is -0.273 e. The molecule has 3 heterocycles. The lowest BCUT2D eigenvalue weighted by molar-refractivity contribution is -0.137. The zero-order valence-electron chi connectivity index (χ0n) is 16.0. The average Bonchev–Trinajstić information content (AvgIpc) is 3.00. The molecule has 0 fully saturated rings. The van der Waals surface area contributed by atoms with Crippen LogP contribution in [0.5, 0.6) is 0 Å². The first-order valence-corrected chi connectivity index (χ1v) is 8.75. The van der Waals surface area contributed by atoms with E-state index in [-0.39, 0.29) is 17.9 Å². The van der Waals surface area contributed by atoms with E-state index in [0.717, 1.165) is 12.3 Å². The molecule has 0 spiro atoms. The number of hydrazine groups is 1. The van der Waals surface area contributed by atoms with Crippen LogP contribution in [0.4, 0.5) is 13.2 Å². The summed E-state index contributed by atoms with van der Waals surface area (Å²) >= 11 is 0. The summed E-state index contributed by atoms with van der Waals surface area (Å²) in [6.45, 7) is 3.34. The number of hydrogen-bond donors (Lipinski definition) is 2. The first-order chi connectivity index (χ1) is 14.2. The van der Waals surface area contributed by atoms with Gasteiger partial charge in [-0.2, -0.15) is 18.3 Å². The minimum atomic E-state index is -4.48. The Morgan fingerprint density at radius 2 is 1.83 bits per heavy atom. The van der Waals surface area contributed by atoms with E-state index >= 15 is 0 Å². The van der Waals surface area contributed by atoms with Crippen LogP contribution in [0.3, 0.4) is 0 Å². The van der Waals surface area contributed by atoms with E-state index < -0.39 is 23.6 Å². The molecule has 11 heteroatoms. The van der Waals surface area contributed by atoms with E-state index in [1.165, 1.54) is 23.0 Å². The van der Waals surface area contributed by atoms with Gasteiger partial charge < -0.3 is 0 Å². The smallest absolute Gasteiger partial charge is 0.273 e. The Morgan fingerprint density at radius 3 is 2.43 bits per heavy atom. The van der Waals surface area contributed by atoms with Gasteiger partial charge in [-0.15, -0.1) is 0 Å². The van der Waals surface area contributed by atoms with Crippen LogP contribution < -0.4 is 10.9 Å². The van der Waals surface area contributed by atoms with Crippen molar-refractivity contribution >= 4 is 11.8 Å². The predicted octanol–water partition coefficient (Wildman–Crippen LogP) is 2.30. The predicted molar refractivity (Wildman–Crippen MR) is 99.4 cm³/mol. The van der Waals surface area contributed by atoms with E-state index in [4.69, 9.17) is 0 Å². The summed E-state index contributed by atoms with van der Waals surface area (Å²) < 4.78 is 39.5. The topological polar surface area (TPSA) is 102 Å². The third kappa shape index (κ3) is 4.62. The second-order valence-corrected chi connectivity index (χ2v) is 6.36. The van der Waals surface area contributed by atoms with Gasteiger partial charge in [0.2, 0.25) is 5.91 Å². The maximum absolute atomic E-state index is 12.7. The van der Waals surface area contributed by atoms with Crippen molar-refractivity contribution in [3.05, 3.63) is 70.9 Å². The number of pyridine rings is 2. The molecule has 3 aromatic heterocycles. The quantitative estimate of drug-likeness (QED) is 0.633. The van der Waals surface area contributed by atoms with Crippen molar-refractivity contribution in [1.29, 1.82) is 0 Å². The maximum Gasteiger partial charge on any atom is 0.417 e. The van der Waals surface area contributed by atoms with Crippen molar-refractivity contribution in [3.8, 4) is 5.82 Å². The highest BCUT2D eigenvalue weighted by Gasteiger charge is 2.31. The zero-order chi connectivity index (χ0) is 21.9. The largest absolute Gasteiger partial charge is 0.417 e. The Labute approximate surface area is 169 Å². The molecule has 0 saturated heterocycles. The van der Waals surface area contributed by atoms with Crippen molar-refractivity contribution in [3.63, 3.8) is 0 Å². The van der Waals surface area contributed by atoms with Gasteiger partial charge in [0.25, 0.3) is 5.91 Å². The van der Waals surface area contributed by atoms with Crippen molar-refractivity contribution in [1.82, 2.24) is 30.6 Å². The summed E-state index contributed by atoms with van der Waals surface area (Å²) in [6, 6.07) is 6.92. The first kappa shape index (κ1) is 21.0. The van der Waals surface area contributed by atoms with E-state index in [9.17, 15) is 22.8 Å². The van der Waals surface area contributed by atoms with Crippen LogP contribution in [-0.2, 0) is 17.4 Å². The molecule has 30 heavy (non-hydrogen) atoms. The molecule has 2 N–H and O–H groups in total. The molecule has 156 valence electrons. The summed E-state index contributed by atoms with van der Waals surface area (Å²) in [6.07, 6.45) is -2.40. The summed E-state index contributed by atoms with van der Waals surface area (Å²) in [7, 11) is 0. The van der Waals surface area contributed by atoms with Crippen LogP contribution in [-0.4, -0.2) is 31.6 Å². The van der Waals surface area contributed by atoms with Gasteiger partial charge in [-0.1, -0.05) is 6.07 Å². The molecule has 0 bridgehead atoms. The summed E-state index contributed by atoms with van der Waals surface area (Å²) in [5.74, 6) is -0.869. The fourth-order valence-corrected chi connectivity index (χ4v) is 2.73. The average molecular weight is 418 g/mol. The van der Waals surface area contributed by atoms with Crippen molar-refractivity contribution in [2.75, 3.05) is 0 Å². The summed E-state index contributed by atoms with van der Waals surface area (Å²) in [5.41, 5.74) is 5.48. The molecule has 0 aliphatic rings. The number of rotatable bonds is 4. The van der Waals surface area contributed by atoms with Gasteiger partial charge in [0.1, 0.15) is 5.69 Å². The van der Waals surface area contributed by atoms with Crippen LogP contribution >= 0.6 is 0 Å². The van der Waals surface area contributed by atoms with Crippen molar-refractivity contribution in [2.24, 2.45) is 0 Å². The van der Waals surface area contributed by atoms with Crippen molar-refractivity contribution in [2.45, 2.75) is 26.4 Å². The van der Waals surface area contributed by atoms with Crippen LogP contribution in [0.25, 0.3) is 5.82 Å². The number of carbonyl (C=O) groups excluding carboxylic acids is 2. The van der Waals surface area contributed by atoms with Crippen LogP contribution in [0.15, 0.2) is 42.7 Å². The van der Waals surface area contributed by atoms with Gasteiger partial charge in [0.05, 0.1) is 17.7 Å². The lowest BCUT2D eigenvalue weighted by Crippen LogP contribution is -2.42. The van der Waals surface area contributed by atoms with E-state index in [1.54, 1.807) is 26.0 Å². The van der Waals surface area contributed by atoms with Gasteiger partial charge in [-0.05, 0) is 38.1 Å². The first-order valence-electron chi connectivity index (χ1n) is 8.75. The number of alkyl halides is 3. The highest BCUT2D eigenvalue weighted by atomic mass is 19.4. The summed E-state index contributed by atoms with van der Waals surface area (Å²) in [4.78, 5) is 31.9. The number of nitrogens with zero attached hydrogens (tertiary/aromatic N) is 4.